The Morgan fingerprint density at radius 1 is 1.37 bits per heavy atom. The van der Waals surface area contributed by atoms with Crippen LogP contribution < -0.4 is 4.74 Å². The maximum absolute atomic E-state index is 10.9. The molecular formula is C12H9ClN2O4. The van der Waals surface area contributed by atoms with E-state index in [1.807, 2.05) is 0 Å². The number of rotatable bonds is 4. The van der Waals surface area contributed by atoms with Gasteiger partial charge in [0.2, 0.25) is 11.6 Å². The minimum absolute atomic E-state index is 0.0570. The zero-order chi connectivity index (χ0) is 13.8. The van der Waals surface area contributed by atoms with Gasteiger partial charge in [-0.25, -0.2) is 4.98 Å². The monoisotopic (exact) mass is 280 g/mol. The summed E-state index contributed by atoms with van der Waals surface area (Å²) in [5.41, 5.74) is 0.376. The van der Waals surface area contributed by atoms with Crippen molar-refractivity contribution in [3.05, 3.63) is 57.2 Å². The number of nitro groups is 1. The van der Waals surface area contributed by atoms with E-state index in [0.717, 1.165) is 0 Å². The highest BCUT2D eigenvalue weighted by Crippen LogP contribution is 2.37. The highest BCUT2D eigenvalue weighted by Gasteiger charge is 2.19. The van der Waals surface area contributed by atoms with Gasteiger partial charge in [-0.2, -0.15) is 0 Å². The molecule has 0 unspecified atom stereocenters. The van der Waals surface area contributed by atoms with Crippen molar-refractivity contribution in [3.8, 4) is 11.6 Å². The van der Waals surface area contributed by atoms with Gasteiger partial charge in [0.1, 0.15) is 0 Å². The van der Waals surface area contributed by atoms with Crippen molar-refractivity contribution in [1.29, 1.82) is 0 Å². The molecule has 0 saturated carbocycles. The van der Waals surface area contributed by atoms with Gasteiger partial charge in [-0.1, -0.05) is 17.7 Å². The Morgan fingerprint density at radius 2 is 2.16 bits per heavy atom. The van der Waals surface area contributed by atoms with Crippen molar-refractivity contribution in [2.24, 2.45) is 0 Å². The van der Waals surface area contributed by atoms with E-state index in [1.165, 1.54) is 30.5 Å². The van der Waals surface area contributed by atoms with Crippen LogP contribution in [-0.2, 0) is 6.61 Å². The summed E-state index contributed by atoms with van der Waals surface area (Å²) in [7, 11) is 0. The molecular weight excluding hydrogens is 272 g/mol. The van der Waals surface area contributed by atoms with Crippen molar-refractivity contribution in [2.75, 3.05) is 0 Å². The average Bonchev–Trinajstić information content (AvgIpc) is 2.41. The second-order valence-corrected chi connectivity index (χ2v) is 4.02. The second-order valence-electron chi connectivity index (χ2n) is 3.61. The SMILES string of the molecule is O=[N+]([O-])c1cccc(Cl)c1Oc1ccc(CO)cn1. The maximum atomic E-state index is 10.9. The molecule has 19 heavy (non-hydrogen) atoms. The summed E-state index contributed by atoms with van der Waals surface area (Å²) < 4.78 is 5.33. The molecule has 1 heterocycles. The van der Waals surface area contributed by atoms with Crippen LogP contribution in [0.25, 0.3) is 0 Å². The number of nitro benzene ring substituents is 1. The van der Waals surface area contributed by atoms with Gasteiger partial charge in [-0.3, -0.25) is 10.1 Å². The van der Waals surface area contributed by atoms with Gasteiger partial charge in [0.15, 0.2) is 0 Å². The molecule has 2 rings (SSSR count). The highest BCUT2D eigenvalue weighted by molar-refractivity contribution is 6.32. The fourth-order valence-electron chi connectivity index (χ4n) is 1.41. The van der Waals surface area contributed by atoms with E-state index < -0.39 is 4.92 Å². The van der Waals surface area contributed by atoms with Gasteiger partial charge >= 0.3 is 5.69 Å². The molecule has 0 spiro atoms. The lowest BCUT2D eigenvalue weighted by atomic mass is 10.3. The number of benzene rings is 1. The third-order valence-electron chi connectivity index (χ3n) is 2.33. The second kappa shape index (κ2) is 5.64. The normalized spacial score (nSPS) is 10.2. The fraction of sp³-hybridized carbons (Fsp3) is 0.0833. The number of para-hydroxylation sites is 1. The van der Waals surface area contributed by atoms with E-state index in [0.29, 0.717) is 5.56 Å². The molecule has 2 aromatic rings. The minimum atomic E-state index is -0.580. The Hall–Kier alpha value is -2.18. The van der Waals surface area contributed by atoms with Crippen molar-refractivity contribution in [1.82, 2.24) is 4.98 Å². The summed E-state index contributed by atoms with van der Waals surface area (Å²) in [4.78, 5) is 14.2. The van der Waals surface area contributed by atoms with E-state index in [4.69, 9.17) is 21.4 Å². The Kier molecular flexibility index (Phi) is 3.94. The number of aromatic nitrogens is 1. The molecule has 0 radical (unpaired) electrons. The Bertz CT molecular complexity index is 601. The van der Waals surface area contributed by atoms with Crippen molar-refractivity contribution in [2.45, 2.75) is 6.61 Å². The topological polar surface area (TPSA) is 85.5 Å². The van der Waals surface area contributed by atoms with Crippen LogP contribution in [0.1, 0.15) is 5.56 Å². The van der Waals surface area contributed by atoms with Crippen molar-refractivity contribution < 1.29 is 14.8 Å². The standard InChI is InChI=1S/C12H9ClN2O4/c13-9-2-1-3-10(15(17)18)12(9)19-11-5-4-8(7-16)6-14-11/h1-6,16H,7H2. The van der Waals surface area contributed by atoms with E-state index >= 15 is 0 Å². The molecule has 0 aliphatic rings. The van der Waals surface area contributed by atoms with Gasteiger partial charge in [0.05, 0.1) is 16.6 Å². The molecule has 0 amide bonds. The molecule has 1 aromatic heterocycles. The first-order valence-corrected chi connectivity index (χ1v) is 5.66. The summed E-state index contributed by atoms with van der Waals surface area (Å²) >= 11 is 5.88. The number of aliphatic hydroxyl groups is 1. The van der Waals surface area contributed by atoms with Gasteiger partial charge in [0, 0.05) is 18.3 Å². The Labute approximate surface area is 113 Å². The molecule has 1 N–H and O–H groups in total. The smallest absolute Gasteiger partial charge is 0.313 e. The van der Waals surface area contributed by atoms with Crippen molar-refractivity contribution >= 4 is 17.3 Å². The number of nitrogens with zero attached hydrogens (tertiary/aromatic N) is 2. The molecule has 0 fully saturated rings. The van der Waals surface area contributed by atoms with Crippen LogP contribution in [0.4, 0.5) is 5.69 Å². The van der Waals surface area contributed by atoms with E-state index in [9.17, 15) is 10.1 Å². The van der Waals surface area contributed by atoms with Crippen molar-refractivity contribution in [3.63, 3.8) is 0 Å². The van der Waals surface area contributed by atoms with Gasteiger partial charge in [0.25, 0.3) is 0 Å². The summed E-state index contributed by atoms with van der Waals surface area (Å²) in [5, 5.41) is 19.9. The number of ether oxygens (including phenoxy) is 1. The number of pyridine rings is 1. The molecule has 6 nitrogen and oxygen atoms in total. The van der Waals surface area contributed by atoms with Crippen LogP contribution >= 0.6 is 11.6 Å². The molecule has 0 aliphatic heterocycles. The third kappa shape index (κ3) is 2.98. The van der Waals surface area contributed by atoms with Gasteiger partial charge < -0.3 is 9.84 Å². The lowest BCUT2D eigenvalue weighted by Gasteiger charge is -2.07. The quantitative estimate of drug-likeness (QED) is 0.687. The molecule has 0 saturated heterocycles. The molecule has 0 aliphatic carbocycles. The van der Waals surface area contributed by atoms with E-state index in [2.05, 4.69) is 4.98 Å². The summed E-state index contributed by atoms with van der Waals surface area (Å²) in [5.74, 6) is 0.104. The van der Waals surface area contributed by atoms with Crippen LogP contribution in [0, 0.1) is 10.1 Å². The fourth-order valence-corrected chi connectivity index (χ4v) is 1.62. The number of hydrogen-bond donors (Lipinski definition) is 1. The highest BCUT2D eigenvalue weighted by atomic mass is 35.5. The van der Waals surface area contributed by atoms with E-state index in [-0.39, 0.29) is 28.9 Å². The predicted molar refractivity (Wildman–Crippen MR) is 68.3 cm³/mol. The molecule has 1 aromatic carbocycles. The zero-order valence-electron chi connectivity index (χ0n) is 9.62. The Balaban J connectivity index is 2.34. The minimum Gasteiger partial charge on any atom is -0.430 e. The first-order valence-electron chi connectivity index (χ1n) is 5.28. The largest absolute Gasteiger partial charge is 0.430 e. The van der Waals surface area contributed by atoms with Crippen LogP contribution in [-0.4, -0.2) is 15.0 Å². The zero-order valence-corrected chi connectivity index (χ0v) is 10.4. The summed E-state index contributed by atoms with van der Waals surface area (Å²) in [6.07, 6.45) is 1.41. The van der Waals surface area contributed by atoms with Crippen LogP contribution in [0.2, 0.25) is 5.02 Å². The number of hydrogen-bond acceptors (Lipinski definition) is 5. The molecule has 0 bridgehead atoms. The van der Waals surface area contributed by atoms with E-state index in [1.54, 1.807) is 6.07 Å². The summed E-state index contributed by atoms with van der Waals surface area (Å²) in [6, 6.07) is 7.36. The van der Waals surface area contributed by atoms with Crippen LogP contribution in [0.15, 0.2) is 36.5 Å². The summed E-state index contributed by atoms with van der Waals surface area (Å²) in [6.45, 7) is -0.139. The predicted octanol–water partition coefficient (Wildman–Crippen LogP) is 2.93. The first kappa shape index (κ1) is 13.3. The molecule has 0 atom stereocenters. The maximum Gasteiger partial charge on any atom is 0.313 e. The van der Waals surface area contributed by atoms with Gasteiger partial charge in [-0.15, -0.1) is 0 Å². The van der Waals surface area contributed by atoms with Crippen LogP contribution in [0.5, 0.6) is 11.6 Å². The number of halogens is 1. The molecule has 7 heteroatoms. The lowest BCUT2D eigenvalue weighted by Crippen LogP contribution is -1.95. The lowest BCUT2D eigenvalue weighted by molar-refractivity contribution is -0.385. The third-order valence-corrected chi connectivity index (χ3v) is 2.63. The first-order chi connectivity index (χ1) is 9.11. The Morgan fingerprint density at radius 3 is 2.74 bits per heavy atom. The molecule has 98 valence electrons. The number of aliphatic hydroxyl groups excluding tert-OH is 1. The van der Waals surface area contributed by atoms with Crippen LogP contribution in [0.3, 0.4) is 0 Å². The average molecular weight is 281 g/mol. The van der Waals surface area contributed by atoms with Gasteiger partial charge in [-0.05, 0) is 17.7 Å².